The van der Waals surface area contributed by atoms with Gasteiger partial charge in [-0.15, -0.1) is 6.58 Å². The summed E-state index contributed by atoms with van der Waals surface area (Å²) in [6, 6.07) is 11.1. The van der Waals surface area contributed by atoms with Crippen LogP contribution in [0.1, 0.15) is 24.8 Å². The first-order valence-corrected chi connectivity index (χ1v) is 6.08. The molecular weight excluding hydrogens is 180 g/mol. The van der Waals surface area contributed by atoms with Crippen molar-refractivity contribution in [2.24, 2.45) is 17.3 Å². The fourth-order valence-corrected chi connectivity index (χ4v) is 4.92. The van der Waals surface area contributed by atoms with Crippen molar-refractivity contribution in [2.45, 2.75) is 24.7 Å². The van der Waals surface area contributed by atoms with Crippen LogP contribution in [0.25, 0.3) is 0 Å². The normalized spacial score (nSPS) is 49.3. The van der Waals surface area contributed by atoms with E-state index in [1.54, 1.807) is 5.56 Å². The molecule has 0 heteroatoms. The molecule has 3 aliphatic carbocycles. The lowest BCUT2D eigenvalue weighted by Gasteiger charge is -2.27. The Hall–Kier alpha value is -1.04. The second-order valence-corrected chi connectivity index (χ2v) is 5.41. The summed E-state index contributed by atoms with van der Waals surface area (Å²) in [5, 5.41) is 0. The molecule has 0 bridgehead atoms. The molecule has 0 aromatic heterocycles. The van der Waals surface area contributed by atoms with Crippen LogP contribution < -0.4 is 0 Å². The monoisotopic (exact) mass is 196 g/mol. The standard InChI is InChI=1S/C15H16/c1-2-14-12-9-6-10-13(14)15(12,14)11-7-4-3-5-8-11/h2-5,7-8,12-13H,1,6,9-10H2/t12-,13+,14?,15?. The van der Waals surface area contributed by atoms with E-state index in [4.69, 9.17) is 0 Å². The Morgan fingerprint density at radius 2 is 1.80 bits per heavy atom. The van der Waals surface area contributed by atoms with Gasteiger partial charge in [-0.05, 0) is 30.2 Å². The van der Waals surface area contributed by atoms with Crippen molar-refractivity contribution in [3.63, 3.8) is 0 Å². The maximum Gasteiger partial charge on any atom is 0.0124 e. The minimum absolute atomic E-state index is 0.534. The number of rotatable bonds is 2. The Morgan fingerprint density at radius 1 is 1.13 bits per heavy atom. The molecule has 0 N–H and O–H groups in total. The Kier molecular flexibility index (Phi) is 1.20. The summed E-state index contributed by atoms with van der Waals surface area (Å²) in [5.41, 5.74) is 2.67. The molecule has 0 amide bonds. The van der Waals surface area contributed by atoms with Crippen molar-refractivity contribution in [1.29, 1.82) is 0 Å². The maximum atomic E-state index is 4.09. The smallest absolute Gasteiger partial charge is 0.0124 e. The molecule has 2 unspecified atom stereocenters. The Balaban J connectivity index is 1.84. The Labute approximate surface area is 91.0 Å². The zero-order valence-corrected chi connectivity index (χ0v) is 8.95. The van der Waals surface area contributed by atoms with Crippen LogP contribution in [-0.2, 0) is 5.41 Å². The Morgan fingerprint density at radius 3 is 2.33 bits per heavy atom. The zero-order valence-electron chi connectivity index (χ0n) is 8.95. The van der Waals surface area contributed by atoms with Crippen LogP contribution >= 0.6 is 0 Å². The van der Waals surface area contributed by atoms with Crippen LogP contribution in [-0.4, -0.2) is 0 Å². The van der Waals surface area contributed by atoms with Gasteiger partial charge in [0.05, 0.1) is 0 Å². The van der Waals surface area contributed by atoms with Gasteiger partial charge in [-0.25, -0.2) is 0 Å². The van der Waals surface area contributed by atoms with Gasteiger partial charge in [0.1, 0.15) is 0 Å². The molecule has 1 aromatic rings. The molecule has 1 aromatic carbocycles. The van der Waals surface area contributed by atoms with Gasteiger partial charge in [0, 0.05) is 10.8 Å². The van der Waals surface area contributed by atoms with Gasteiger partial charge in [0.15, 0.2) is 0 Å². The molecule has 0 spiro atoms. The van der Waals surface area contributed by atoms with Gasteiger partial charge in [-0.3, -0.25) is 0 Å². The maximum absolute atomic E-state index is 4.09. The van der Waals surface area contributed by atoms with E-state index in [-0.39, 0.29) is 0 Å². The molecule has 0 aliphatic heterocycles. The highest BCUT2D eigenvalue weighted by Crippen LogP contribution is 2.97. The van der Waals surface area contributed by atoms with E-state index in [1.165, 1.54) is 19.3 Å². The van der Waals surface area contributed by atoms with Crippen molar-refractivity contribution in [3.8, 4) is 0 Å². The molecule has 4 atom stereocenters. The first kappa shape index (κ1) is 8.15. The minimum atomic E-state index is 0.534. The van der Waals surface area contributed by atoms with Crippen molar-refractivity contribution in [1.82, 2.24) is 0 Å². The van der Waals surface area contributed by atoms with Gasteiger partial charge >= 0.3 is 0 Å². The number of allylic oxidation sites excluding steroid dienone is 1. The second kappa shape index (κ2) is 2.21. The van der Waals surface area contributed by atoms with Gasteiger partial charge in [0.25, 0.3) is 0 Å². The third-order valence-electron chi connectivity index (χ3n) is 5.38. The van der Waals surface area contributed by atoms with Gasteiger partial charge in [0.2, 0.25) is 0 Å². The van der Waals surface area contributed by atoms with Crippen LogP contribution in [0.4, 0.5) is 0 Å². The quantitative estimate of drug-likeness (QED) is 0.635. The third-order valence-corrected chi connectivity index (χ3v) is 5.38. The van der Waals surface area contributed by atoms with Crippen molar-refractivity contribution in [3.05, 3.63) is 48.6 Å². The van der Waals surface area contributed by atoms with Gasteiger partial charge in [-0.2, -0.15) is 0 Å². The second-order valence-electron chi connectivity index (χ2n) is 5.41. The van der Waals surface area contributed by atoms with E-state index in [0.29, 0.717) is 10.8 Å². The largest absolute Gasteiger partial charge is 0.102 e. The van der Waals surface area contributed by atoms with E-state index in [0.717, 1.165) is 11.8 Å². The van der Waals surface area contributed by atoms with Crippen LogP contribution in [0.3, 0.4) is 0 Å². The van der Waals surface area contributed by atoms with Crippen LogP contribution in [0.15, 0.2) is 43.0 Å². The highest BCUT2D eigenvalue weighted by molar-refractivity contribution is 5.61. The van der Waals surface area contributed by atoms with E-state index in [2.05, 4.69) is 43.0 Å². The number of hydrogen-bond acceptors (Lipinski definition) is 0. The predicted octanol–water partition coefficient (Wildman–Crippen LogP) is 3.54. The summed E-state index contributed by atoms with van der Waals surface area (Å²) >= 11 is 0. The summed E-state index contributed by atoms with van der Waals surface area (Å²) in [6.45, 7) is 4.09. The molecule has 3 aliphatic rings. The first-order chi connectivity index (χ1) is 7.39. The van der Waals surface area contributed by atoms with E-state index >= 15 is 0 Å². The third kappa shape index (κ3) is 0.599. The van der Waals surface area contributed by atoms with E-state index in [9.17, 15) is 0 Å². The summed E-state index contributed by atoms with van der Waals surface area (Å²) in [4.78, 5) is 0. The molecule has 4 rings (SSSR count). The topological polar surface area (TPSA) is 0 Å². The lowest BCUT2D eigenvalue weighted by Crippen LogP contribution is -2.20. The van der Waals surface area contributed by atoms with Gasteiger partial charge < -0.3 is 0 Å². The average Bonchev–Trinajstić information content (AvgIpc) is 3.16. The Bertz CT molecular complexity index is 417. The zero-order chi connectivity index (χ0) is 10.1. The van der Waals surface area contributed by atoms with E-state index in [1.807, 2.05) is 0 Å². The van der Waals surface area contributed by atoms with Crippen molar-refractivity contribution >= 4 is 0 Å². The van der Waals surface area contributed by atoms with Gasteiger partial charge in [-0.1, -0.05) is 42.8 Å². The summed E-state index contributed by atoms with van der Waals surface area (Å²) < 4.78 is 0. The molecule has 15 heavy (non-hydrogen) atoms. The van der Waals surface area contributed by atoms with E-state index < -0.39 is 0 Å². The summed E-state index contributed by atoms with van der Waals surface area (Å²) in [6.07, 6.45) is 6.57. The molecule has 0 heterocycles. The summed E-state index contributed by atoms with van der Waals surface area (Å²) in [5.74, 6) is 1.87. The molecule has 0 radical (unpaired) electrons. The summed E-state index contributed by atoms with van der Waals surface area (Å²) in [7, 11) is 0. The van der Waals surface area contributed by atoms with Crippen LogP contribution in [0.5, 0.6) is 0 Å². The predicted molar refractivity (Wildman–Crippen MR) is 61.6 cm³/mol. The number of hydrogen-bond donors (Lipinski definition) is 0. The highest BCUT2D eigenvalue weighted by atomic mass is 15.0. The molecule has 3 fully saturated rings. The van der Waals surface area contributed by atoms with Crippen LogP contribution in [0.2, 0.25) is 0 Å². The number of benzene rings is 1. The first-order valence-electron chi connectivity index (χ1n) is 6.08. The fraction of sp³-hybridized carbons (Fsp3) is 0.467. The lowest BCUT2D eigenvalue weighted by atomic mass is 9.77. The highest BCUT2D eigenvalue weighted by Gasteiger charge is 2.96. The lowest BCUT2D eigenvalue weighted by molar-refractivity contribution is 0.284. The number of fused-ring (bicyclic) bond motifs is 2. The van der Waals surface area contributed by atoms with Crippen LogP contribution in [0, 0.1) is 17.3 Å². The molecule has 3 saturated carbocycles. The molecule has 76 valence electrons. The van der Waals surface area contributed by atoms with Crippen molar-refractivity contribution in [2.75, 3.05) is 0 Å². The minimum Gasteiger partial charge on any atom is -0.102 e. The molecule has 0 saturated heterocycles. The molecular formula is C15H16. The SMILES string of the molecule is C=CC12[C@H]3CCC[C@@H]1C32c1ccccc1. The fourth-order valence-electron chi connectivity index (χ4n) is 4.92. The average molecular weight is 196 g/mol. The molecule has 0 nitrogen and oxygen atoms in total. The van der Waals surface area contributed by atoms with Crippen molar-refractivity contribution < 1.29 is 0 Å².